The third kappa shape index (κ3) is 4.55. The predicted molar refractivity (Wildman–Crippen MR) is 111 cm³/mol. The van der Waals surface area contributed by atoms with E-state index >= 15 is 0 Å². The van der Waals surface area contributed by atoms with Crippen LogP contribution < -0.4 is 0 Å². The van der Waals surface area contributed by atoms with Gasteiger partial charge >= 0.3 is 0 Å². The maximum absolute atomic E-state index is 12.7. The smallest absolute Gasteiger partial charge is 0.291 e. The van der Waals surface area contributed by atoms with Gasteiger partial charge in [0.1, 0.15) is 12.1 Å². The average Bonchev–Trinajstić information content (AvgIpc) is 3.42. The Morgan fingerprint density at radius 1 is 0.742 bits per heavy atom. The van der Waals surface area contributed by atoms with E-state index in [1.807, 2.05) is 0 Å². The van der Waals surface area contributed by atoms with Gasteiger partial charge in [0.25, 0.3) is 11.8 Å². The standard InChI is InChI=1S/C22H32N4O5/c1-21(2,3)15(27)19(29)25-11-7-9-13(25)17-23-24-18(31-17)14-10-8-12-26(14)20(30)16(28)22(4,5)6/h13-14H,7-12H2,1-6H3/t13-,14?/m0/s1. The number of amides is 2. The number of aromatic nitrogens is 2. The van der Waals surface area contributed by atoms with Crippen LogP contribution in [-0.2, 0) is 19.2 Å². The number of likely N-dealkylation sites (tertiary alicyclic amines) is 2. The fraction of sp³-hybridized carbons (Fsp3) is 0.727. The van der Waals surface area contributed by atoms with E-state index in [2.05, 4.69) is 10.2 Å². The molecule has 9 heteroatoms. The maximum atomic E-state index is 12.7. The lowest BCUT2D eigenvalue weighted by atomic mass is 9.90. The molecular weight excluding hydrogens is 400 g/mol. The van der Waals surface area contributed by atoms with E-state index in [4.69, 9.17) is 4.42 Å². The van der Waals surface area contributed by atoms with E-state index in [9.17, 15) is 19.2 Å². The lowest BCUT2D eigenvalue weighted by Gasteiger charge is -2.26. The lowest BCUT2D eigenvalue weighted by Crippen LogP contribution is -2.41. The summed E-state index contributed by atoms with van der Waals surface area (Å²) in [6, 6.07) is -0.913. The van der Waals surface area contributed by atoms with Gasteiger partial charge in [-0.1, -0.05) is 41.5 Å². The molecule has 2 atom stereocenters. The molecule has 3 rings (SSSR count). The molecule has 170 valence electrons. The first-order valence-corrected chi connectivity index (χ1v) is 10.9. The third-order valence-corrected chi connectivity index (χ3v) is 5.80. The zero-order chi connectivity index (χ0) is 23.1. The van der Waals surface area contributed by atoms with Crippen LogP contribution >= 0.6 is 0 Å². The fourth-order valence-electron chi connectivity index (χ4n) is 3.95. The molecule has 0 N–H and O–H groups in total. The first kappa shape index (κ1) is 23.1. The van der Waals surface area contributed by atoms with Crippen LogP contribution in [0.2, 0.25) is 0 Å². The van der Waals surface area contributed by atoms with Crippen LogP contribution in [0.1, 0.15) is 91.1 Å². The Morgan fingerprint density at radius 2 is 1.10 bits per heavy atom. The molecule has 1 unspecified atom stereocenters. The van der Waals surface area contributed by atoms with Gasteiger partial charge in [0.2, 0.25) is 23.3 Å². The number of rotatable bonds is 4. The van der Waals surface area contributed by atoms with Crippen molar-refractivity contribution < 1.29 is 23.6 Å². The van der Waals surface area contributed by atoms with Crippen LogP contribution in [0.5, 0.6) is 0 Å². The summed E-state index contributed by atoms with van der Waals surface area (Å²) < 4.78 is 5.91. The topological polar surface area (TPSA) is 114 Å². The van der Waals surface area contributed by atoms with Crippen LogP contribution in [0.3, 0.4) is 0 Å². The highest BCUT2D eigenvalue weighted by molar-refractivity contribution is 6.38. The van der Waals surface area contributed by atoms with Gasteiger partial charge in [0.15, 0.2) is 0 Å². The number of carbonyl (C=O) groups is 4. The van der Waals surface area contributed by atoms with Crippen LogP contribution in [0.25, 0.3) is 0 Å². The normalized spacial score (nSPS) is 22.1. The largest absolute Gasteiger partial charge is 0.421 e. The van der Waals surface area contributed by atoms with Crippen molar-refractivity contribution in [2.75, 3.05) is 13.1 Å². The van der Waals surface area contributed by atoms with Gasteiger partial charge in [-0.2, -0.15) is 0 Å². The van der Waals surface area contributed by atoms with Crippen molar-refractivity contribution in [2.45, 2.75) is 79.3 Å². The summed E-state index contributed by atoms with van der Waals surface area (Å²) >= 11 is 0. The Balaban J connectivity index is 1.79. The van der Waals surface area contributed by atoms with Crippen LogP contribution in [-0.4, -0.2) is 56.5 Å². The molecule has 2 aliphatic heterocycles. The highest BCUT2D eigenvalue weighted by atomic mass is 16.4. The number of hydrogen-bond acceptors (Lipinski definition) is 7. The molecule has 1 aromatic rings. The number of hydrogen-bond donors (Lipinski definition) is 0. The Kier molecular flexibility index (Phi) is 6.08. The first-order chi connectivity index (χ1) is 14.3. The van der Waals surface area contributed by atoms with Crippen molar-refractivity contribution in [3.05, 3.63) is 11.8 Å². The van der Waals surface area contributed by atoms with Crippen LogP contribution in [0, 0.1) is 10.8 Å². The van der Waals surface area contributed by atoms with Gasteiger partial charge in [-0.3, -0.25) is 19.2 Å². The second kappa shape index (κ2) is 8.16. The van der Waals surface area contributed by atoms with Gasteiger partial charge in [-0.25, -0.2) is 0 Å². The zero-order valence-electron chi connectivity index (χ0n) is 19.2. The monoisotopic (exact) mass is 432 g/mol. The van der Waals surface area contributed by atoms with Crippen molar-refractivity contribution in [1.29, 1.82) is 0 Å². The minimum Gasteiger partial charge on any atom is -0.421 e. The summed E-state index contributed by atoms with van der Waals surface area (Å²) in [5.74, 6) is -1.45. The molecule has 0 aromatic carbocycles. The number of Topliss-reactive ketones (excluding diaryl/α,β-unsaturated/α-hetero) is 2. The Bertz CT molecular complexity index is 822. The van der Waals surface area contributed by atoms with Crippen molar-refractivity contribution in [1.82, 2.24) is 20.0 Å². The summed E-state index contributed by atoms with van der Waals surface area (Å²) in [7, 11) is 0. The highest BCUT2D eigenvalue weighted by Gasteiger charge is 2.42. The minimum atomic E-state index is -0.769. The molecule has 0 radical (unpaired) electrons. The molecular formula is C22H32N4O5. The molecule has 31 heavy (non-hydrogen) atoms. The van der Waals surface area contributed by atoms with Crippen molar-refractivity contribution in [3.8, 4) is 0 Å². The SMILES string of the molecule is CC(C)(C)C(=O)C(=O)N1CCCC1c1nnc([C@@H]2CCCN2C(=O)C(=O)C(C)(C)C)o1. The number of ketones is 2. The molecule has 0 bridgehead atoms. The number of carbonyl (C=O) groups excluding carboxylic acids is 4. The fourth-order valence-corrected chi connectivity index (χ4v) is 3.95. The zero-order valence-corrected chi connectivity index (χ0v) is 19.2. The molecule has 2 aliphatic rings. The summed E-state index contributed by atoms with van der Waals surface area (Å²) in [5.41, 5.74) is -1.54. The molecule has 0 aliphatic carbocycles. The van der Waals surface area contributed by atoms with Gasteiger partial charge in [0.05, 0.1) is 0 Å². The molecule has 0 saturated carbocycles. The molecule has 1 aromatic heterocycles. The Labute approximate surface area is 182 Å². The van der Waals surface area contributed by atoms with E-state index in [-0.39, 0.29) is 11.8 Å². The van der Waals surface area contributed by atoms with E-state index in [1.165, 1.54) is 9.80 Å². The van der Waals surface area contributed by atoms with Gasteiger partial charge in [-0.15, -0.1) is 10.2 Å². The van der Waals surface area contributed by atoms with Crippen LogP contribution in [0.4, 0.5) is 0 Å². The van der Waals surface area contributed by atoms with E-state index < -0.39 is 46.3 Å². The minimum absolute atomic E-state index is 0.268. The molecule has 3 heterocycles. The summed E-state index contributed by atoms with van der Waals surface area (Å²) in [6.07, 6.45) is 2.72. The molecule has 9 nitrogen and oxygen atoms in total. The molecule has 2 amide bonds. The number of nitrogens with zero attached hydrogens (tertiary/aromatic N) is 4. The molecule has 2 fully saturated rings. The van der Waals surface area contributed by atoms with Crippen molar-refractivity contribution in [3.63, 3.8) is 0 Å². The maximum Gasteiger partial charge on any atom is 0.291 e. The summed E-state index contributed by atoms with van der Waals surface area (Å²) in [4.78, 5) is 53.4. The van der Waals surface area contributed by atoms with E-state index in [1.54, 1.807) is 41.5 Å². The second-order valence-corrected chi connectivity index (χ2v) is 10.4. The highest BCUT2D eigenvalue weighted by Crippen LogP contribution is 2.36. The Hall–Kier alpha value is -2.58. The summed E-state index contributed by atoms with van der Waals surface area (Å²) in [6.45, 7) is 11.2. The lowest BCUT2D eigenvalue weighted by molar-refractivity contribution is -0.149. The summed E-state index contributed by atoms with van der Waals surface area (Å²) in [5, 5.41) is 8.28. The third-order valence-electron chi connectivity index (χ3n) is 5.80. The Morgan fingerprint density at radius 3 is 1.42 bits per heavy atom. The average molecular weight is 433 g/mol. The van der Waals surface area contributed by atoms with Gasteiger partial charge in [-0.05, 0) is 25.7 Å². The molecule has 0 spiro atoms. The predicted octanol–water partition coefficient (Wildman–Crippen LogP) is 2.63. The van der Waals surface area contributed by atoms with Crippen molar-refractivity contribution >= 4 is 23.4 Å². The van der Waals surface area contributed by atoms with Crippen LogP contribution in [0.15, 0.2) is 4.42 Å². The first-order valence-electron chi connectivity index (χ1n) is 10.9. The van der Waals surface area contributed by atoms with E-state index in [0.717, 1.165) is 12.8 Å². The molecule has 2 saturated heterocycles. The second-order valence-electron chi connectivity index (χ2n) is 10.4. The quantitative estimate of drug-likeness (QED) is 0.672. The van der Waals surface area contributed by atoms with Crippen molar-refractivity contribution in [2.24, 2.45) is 10.8 Å². The van der Waals surface area contributed by atoms with Gasteiger partial charge < -0.3 is 14.2 Å². The van der Waals surface area contributed by atoms with E-state index in [0.29, 0.717) is 25.9 Å². The van der Waals surface area contributed by atoms with Gasteiger partial charge in [0, 0.05) is 23.9 Å².